The summed E-state index contributed by atoms with van der Waals surface area (Å²) in [6.07, 6.45) is 5.82. The number of para-hydroxylation sites is 2. The summed E-state index contributed by atoms with van der Waals surface area (Å²) in [5.74, 6) is 2.20. The topological polar surface area (TPSA) is 367 Å². The molecule has 0 aliphatic carbocycles. The maximum absolute atomic E-state index is 15.2. The molecule has 12 aliphatic heterocycles. The zero-order valence-electron chi connectivity index (χ0n) is 68.8. The molecular formula is C91H100N10O19S2. The zero-order valence-corrected chi connectivity index (χ0v) is 70.4. The van der Waals surface area contributed by atoms with Gasteiger partial charge in [0.2, 0.25) is 19.4 Å². The number of amides is 2. The molecular weight excluding hydrogens is 1600 g/mol. The van der Waals surface area contributed by atoms with Crippen molar-refractivity contribution in [3.8, 4) is 58.1 Å². The van der Waals surface area contributed by atoms with Crippen molar-refractivity contribution in [2.45, 2.75) is 163 Å². The summed E-state index contributed by atoms with van der Waals surface area (Å²) in [6.45, 7) is 19.8. The number of nitriles is 2. The predicted molar refractivity (Wildman–Crippen MR) is 454 cm³/mol. The lowest BCUT2D eigenvalue weighted by molar-refractivity contribution is -0.158. The third-order valence-corrected chi connectivity index (χ3v) is 29.0. The van der Waals surface area contributed by atoms with Crippen LogP contribution in [0.3, 0.4) is 0 Å². The molecule has 14 heterocycles. The number of nitrogens with zero attached hydrogens (tertiary/aromatic N) is 6. The summed E-state index contributed by atoms with van der Waals surface area (Å²) in [6, 6.07) is 20.1. The Morgan fingerprint density at radius 2 is 1.18 bits per heavy atom. The fourth-order valence-electron chi connectivity index (χ4n) is 20.9. The fraction of sp³-hybridized carbons (Fsp3) is 0.440. The number of rotatable bonds is 12. The Labute approximate surface area is 714 Å². The number of phenolic OH excluding ortho intramolecular Hbond substituents is 2. The number of aryl methyl sites for hydroxylation is 2. The number of alkyl carbamates (subject to hydrolysis) is 2. The first-order valence-electron chi connectivity index (χ1n) is 40.5. The van der Waals surface area contributed by atoms with Gasteiger partial charge in [-0.3, -0.25) is 29.7 Å². The minimum atomic E-state index is -1.49. The van der Waals surface area contributed by atoms with E-state index in [0.717, 1.165) is 105 Å². The van der Waals surface area contributed by atoms with Gasteiger partial charge < -0.3 is 82.8 Å². The van der Waals surface area contributed by atoms with E-state index in [-0.39, 0.29) is 124 Å². The highest BCUT2D eigenvalue weighted by Gasteiger charge is 2.64. The van der Waals surface area contributed by atoms with E-state index in [2.05, 4.69) is 79.9 Å². The highest BCUT2D eigenvalue weighted by molar-refractivity contribution is 8.00. The highest BCUT2D eigenvalue weighted by atomic mass is 32.2. The van der Waals surface area contributed by atoms with Gasteiger partial charge in [0.05, 0.1) is 62.5 Å². The number of piperazine rings is 2. The molecule has 4 fully saturated rings. The summed E-state index contributed by atoms with van der Waals surface area (Å²) in [4.78, 5) is 73.5. The van der Waals surface area contributed by atoms with E-state index in [1.165, 1.54) is 23.9 Å². The number of phenols is 2. The molecule has 0 radical (unpaired) electrons. The Morgan fingerprint density at radius 1 is 0.672 bits per heavy atom. The molecule has 122 heavy (non-hydrogen) atoms. The van der Waals surface area contributed by atoms with Crippen molar-refractivity contribution < 1.29 is 90.4 Å². The predicted octanol–water partition coefficient (Wildman–Crippen LogP) is 11.7. The van der Waals surface area contributed by atoms with Crippen molar-refractivity contribution in [2.75, 3.05) is 92.9 Å². The van der Waals surface area contributed by atoms with E-state index < -0.39 is 71.7 Å². The first-order chi connectivity index (χ1) is 58.4. The molecule has 7 N–H and O–H groups in total. The molecule has 1 spiro atoms. The third kappa shape index (κ3) is 13.7. The summed E-state index contributed by atoms with van der Waals surface area (Å²) < 4.78 is 70.2. The monoisotopic (exact) mass is 1700 g/mol. The fourth-order valence-corrected chi connectivity index (χ4v) is 24.0. The number of carbonyl (C=O) groups is 5. The number of esters is 2. The number of benzene rings is 6. The largest absolute Gasteiger partial charge is 0.504 e. The first kappa shape index (κ1) is 84.5. The van der Waals surface area contributed by atoms with Crippen molar-refractivity contribution in [3.63, 3.8) is 0 Å². The van der Waals surface area contributed by atoms with Crippen LogP contribution < -0.4 is 50.1 Å². The maximum atomic E-state index is 15.2. The molecule has 2 amide bonds. The molecule has 2 aromatic heterocycles. The van der Waals surface area contributed by atoms with E-state index in [0.29, 0.717) is 78.1 Å². The number of methoxy groups -OCH3 is 2. The van der Waals surface area contributed by atoms with E-state index in [1.807, 2.05) is 97.2 Å². The van der Waals surface area contributed by atoms with Crippen LogP contribution in [0.1, 0.15) is 137 Å². The average molecular weight is 1700 g/mol. The van der Waals surface area contributed by atoms with Gasteiger partial charge in [-0.15, -0.1) is 23.5 Å². The second-order valence-corrected chi connectivity index (χ2v) is 34.9. The Morgan fingerprint density at radius 3 is 1.72 bits per heavy atom. The number of thioether (sulfide) groups is 2. The van der Waals surface area contributed by atoms with Gasteiger partial charge in [-0.1, -0.05) is 81.3 Å². The molecule has 6 aromatic carbocycles. The molecule has 0 unspecified atom stereocenters. The average Bonchev–Trinajstić information content (AvgIpc) is 0.895. The van der Waals surface area contributed by atoms with Crippen LogP contribution in [0.2, 0.25) is 0 Å². The molecule has 12 aliphatic rings. The summed E-state index contributed by atoms with van der Waals surface area (Å²) in [7, 11) is 7.17. The second-order valence-electron chi connectivity index (χ2n) is 32.6. The number of hydrogen-bond donors (Lipinski definition) is 6. The molecule has 31 heteroatoms. The van der Waals surface area contributed by atoms with Crippen molar-refractivity contribution in [2.24, 2.45) is 5.73 Å². The minimum absolute atomic E-state index is 0. The van der Waals surface area contributed by atoms with Gasteiger partial charge >= 0.3 is 24.1 Å². The van der Waals surface area contributed by atoms with Crippen LogP contribution in [0, 0.1) is 64.2 Å². The number of likely N-dealkylation sites (N-methyl/N-ethyl adjacent to an activating group) is 2. The summed E-state index contributed by atoms with van der Waals surface area (Å²) in [5.41, 5.74) is 20.8. The number of furan rings is 2. The lowest BCUT2D eigenvalue weighted by atomic mass is 9.71. The Bertz CT molecular complexity index is 5680. The Hall–Kier alpha value is -11.1. The van der Waals surface area contributed by atoms with E-state index in [1.54, 1.807) is 32.2 Å². The summed E-state index contributed by atoms with van der Waals surface area (Å²) >= 11 is 2.98. The number of ether oxygens (including phenoxy) is 10. The van der Waals surface area contributed by atoms with Crippen molar-refractivity contribution in [1.29, 1.82) is 10.5 Å². The highest BCUT2D eigenvalue weighted by Crippen LogP contribution is 2.66. The van der Waals surface area contributed by atoms with E-state index >= 15 is 4.79 Å². The standard InChI is InChI=1S/C45H47N5O9S.C30H31N3O7S.C15H18N2O3.CH4/c1-7-12-55-44(53)47-17-25-15-27-26-10-8-9-11-31(26)59-42(27)45(48-25)19-60-41-32-22(3)23(4)39-40(58-20-57-39)34(32)30(18-56-43(45)52)50-29(16-46)28-14-24-13-21(2)38(54-6)37(51)33(24)35(36(41)50)49(28)5;1-12-6-15-7-16-17(8-31)33-18-9-38-30(36)19(34)10-41-29(20-13(2)14(3)27-28(22(18)20)40-11-39-27)24(33)23(32(16)4)21(15)25(35)26(12)37-5;1-2-7-19-15(18)17-9-12(16)8-11-10-20-14-6-4-3-5-13(11)14;/h7-11,13,25,28-30,35-36,41,48,51H,1,12,14-15,17-20H2,2-6H3,(H,47,53);6,16-18,23-24,29,35H,7,9-11H2,1-5H3;2-6,10,12H,1,7-9,16H2,(H,17,18);1H4/t25-,28+,29+,30+,35-,36-,41-,45-;16-,17-,18-,23+,24+,29+;12-;/m101./s1. The van der Waals surface area contributed by atoms with Crippen LogP contribution in [0.5, 0.6) is 46.0 Å². The second kappa shape index (κ2) is 33.6. The number of fused-ring (bicyclic) bond motifs is 21. The quantitative estimate of drug-likeness (QED) is 0.0286. The van der Waals surface area contributed by atoms with Gasteiger partial charge in [0.1, 0.15) is 55.4 Å². The molecule has 0 saturated carbocycles. The van der Waals surface area contributed by atoms with Crippen LogP contribution in [-0.4, -0.2) is 201 Å². The van der Waals surface area contributed by atoms with Crippen LogP contribution in [0.4, 0.5) is 9.59 Å². The third-order valence-electron chi connectivity index (χ3n) is 26.3. The SMILES string of the molecule is C.C=CCOC(=O)NC[C@H](N)Cc1coc2ccccc12.C=CCOC(=O)NC[C@H]1Cc2c(oc3ccccc23)[C@@]2(CS[C@@H]3c4c(C)c(C)c5c(c4[C@H](COC2=O)N2[C@@H]3[C@H]3c4c(cc(C)c(OC)c4O)C[C@@H]([C@@H]2C#N)N3C)OCO5)N1.COc1c(C)cc2c(c1O)[C@@H]1[C@@H]3[C@@H]4SCC(=O)C(=O)OC[C@@H](c5c6c(c(C)c(C)c54)OCO6)N3[C@@H](C#N)[C@H](C2)N1C. The number of Topliss-reactive ketones (excluding diaryl/α,β-unsaturated/α-hetero) is 1. The molecule has 8 bridgehead atoms. The number of nitrogens with two attached hydrogens (primary N) is 1. The van der Waals surface area contributed by atoms with Crippen LogP contribution in [0.15, 0.2) is 101 Å². The molecule has 640 valence electrons. The number of nitrogens with one attached hydrogen (secondary N) is 3. The smallest absolute Gasteiger partial charge is 0.407 e. The molecule has 4 saturated heterocycles. The normalized spacial score (nSPS) is 26.3. The Kier molecular flexibility index (Phi) is 23.3. The van der Waals surface area contributed by atoms with Gasteiger partial charge in [-0.2, -0.15) is 10.5 Å². The number of carbonyl (C=O) groups excluding carboxylic acids is 5. The molecule has 8 aromatic rings. The van der Waals surface area contributed by atoms with Gasteiger partial charge in [0, 0.05) is 104 Å². The van der Waals surface area contributed by atoms with Gasteiger partial charge in [-0.05, 0) is 155 Å². The van der Waals surface area contributed by atoms with Crippen LogP contribution >= 0.6 is 23.5 Å². The van der Waals surface area contributed by atoms with Crippen molar-refractivity contribution in [1.82, 2.24) is 35.6 Å². The van der Waals surface area contributed by atoms with E-state index in [9.17, 15) is 39.9 Å². The summed E-state index contributed by atoms with van der Waals surface area (Å²) in [5, 5.41) is 56.1. The van der Waals surface area contributed by atoms with Crippen LogP contribution in [-0.2, 0) is 64.6 Å². The van der Waals surface area contributed by atoms with Gasteiger partial charge in [0.25, 0.3) is 0 Å². The lowest BCUT2D eigenvalue weighted by Gasteiger charge is -2.62. The molecule has 29 nitrogen and oxygen atoms in total. The maximum Gasteiger partial charge on any atom is 0.407 e. The number of hydrogen-bond acceptors (Lipinski definition) is 29. The van der Waals surface area contributed by atoms with Crippen molar-refractivity contribution >= 4 is 75.4 Å². The van der Waals surface area contributed by atoms with Crippen LogP contribution in [0.25, 0.3) is 21.9 Å². The number of cyclic esters (lactones) is 1. The molecule has 15 atom stereocenters. The van der Waals surface area contributed by atoms with Gasteiger partial charge in [-0.25, -0.2) is 19.2 Å². The lowest BCUT2D eigenvalue weighted by Crippen LogP contribution is -2.69. The number of aromatic hydroxyl groups is 2. The minimum Gasteiger partial charge on any atom is -0.504 e. The van der Waals surface area contributed by atoms with E-state index in [4.69, 9.17) is 61.9 Å². The Balaban J connectivity index is 0.000000153. The zero-order chi connectivity index (χ0) is 85.0. The number of ketones is 1. The van der Waals surface area contributed by atoms with Gasteiger partial charge in [0.15, 0.2) is 51.5 Å². The first-order valence-corrected chi connectivity index (χ1v) is 42.6. The molecule has 20 rings (SSSR count). The van der Waals surface area contributed by atoms with Crippen molar-refractivity contribution in [3.05, 3.63) is 187 Å².